The lowest BCUT2D eigenvalue weighted by Gasteiger charge is -2.22. The van der Waals surface area contributed by atoms with Gasteiger partial charge in [0.05, 0.1) is 6.42 Å². The molecule has 0 radical (unpaired) electrons. The Morgan fingerprint density at radius 3 is 2.19 bits per heavy atom. The second kappa shape index (κ2) is 9.16. The highest BCUT2D eigenvalue weighted by Crippen LogP contribution is 2.15. The Morgan fingerprint density at radius 2 is 1.48 bits per heavy atom. The number of hydrogen-bond acceptors (Lipinski definition) is 3. The molecule has 2 aromatic rings. The SMILES string of the molecule is O=C(COc1ccccc1F)N1CCCN(C(=O)Cc2ccccc2)CC1. The van der Waals surface area contributed by atoms with Crippen LogP contribution in [0.5, 0.6) is 5.75 Å². The lowest BCUT2D eigenvalue weighted by molar-refractivity contribution is -0.134. The molecule has 27 heavy (non-hydrogen) atoms. The number of rotatable bonds is 5. The quantitative estimate of drug-likeness (QED) is 0.813. The standard InChI is InChI=1S/C21H23FN2O3/c22-18-9-4-5-10-19(18)27-16-21(26)24-12-6-11-23(13-14-24)20(25)15-17-7-2-1-3-8-17/h1-5,7-10H,6,11-16H2. The van der Waals surface area contributed by atoms with Crippen molar-refractivity contribution in [2.75, 3.05) is 32.8 Å². The number of ether oxygens (including phenoxy) is 1. The molecule has 1 fully saturated rings. The van der Waals surface area contributed by atoms with Crippen molar-refractivity contribution >= 4 is 11.8 Å². The fourth-order valence-electron chi connectivity index (χ4n) is 3.09. The minimum Gasteiger partial charge on any atom is -0.481 e. The van der Waals surface area contributed by atoms with Crippen molar-refractivity contribution in [1.29, 1.82) is 0 Å². The summed E-state index contributed by atoms with van der Waals surface area (Å²) in [4.78, 5) is 28.4. The van der Waals surface area contributed by atoms with E-state index in [0.29, 0.717) is 39.0 Å². The van der Waals surface area contributed by atoms with E-state index in [1.165, 1.54) is 12.1 Å². The lowest BCUT2D eigenvalue weighted by Crippen LogP contribution is -2.39. The predicted octanol–water partition coefficient (Wildman–Crippen LogP) is 2.51. The monoisotopic (exact) mass is 370 g/mol. The van der Waals surface area contributed by atoms with Crippen LogP contribution in [0.2, 0.25) is 0 Å². The predicted molar refractivity (Wildman–Crippen MR) is 99.8 cm³/mol. The molecule has 0 unspecified atom stereocenters. The van der Waals surface area contributed by atoms with Crippen LogP contribution in [0, 0.1) is 5.82 Å². The maximum atomic E-state index is 13.6. The number of hydrogen-bond donors (Lipinski definition) is 0. The van der Waals surface area contributed by atoms with E-state index in [4.69, 9.17) is 4.74 Å². The average Bonchev–Trinajstić information content (AvgIpc) is 2.94. The number of nitrogens with zero attached hydrogens (tertiary/aromatic N) is 2. The largest absolute Gasteiger partial charge is 0.481 e. The molecule has 5 nitrogen and oxygen atoms in total. The molecular weight excluding hydrogens is 347 g/mol. The van der Waals surface area contributed by atoms with Gasteiger partial charge < -0.3 is 14.5 Å². The molecule has 0 spiro atoms. The molecule has 2 amide bonds. The first-order chi connectivity index (χ1) is 13.1. The Labute approximate surface area is 158 Å². The fourth-order valence-corrected chi connectivity index (χ4v) is 3.09. The van der Waals surface area contributed by atoms with Crippen LogP contribution in [0.15, 0.2) is 54.6 Å². The maximum absolute atomic E-state index is 13.6. The van der Waals surface area contributed by atoms with Crippen LogP contribution in [0.25, 0.3) is 0 Å². The highest BCUT2D eigenvalue weighted by molar-refractivity contribution is 5.80. The first-order valence-corrected chi connectivity index (χ1v) is 9.10. The normalized spacial score (nSPS) is 14.6. The molecule has 0 bridgehead atoms. The third-order valence-corrected chi connectivity index (χ3v) is 4.59. The highest BCUT2D eigenvalue weighted by atomic mass is 19.1. The summed E-state index contributed by atoms with van der Waals surface area (Å²) in [6.45, 7) is 1.94. The zero-order valence-electron chi connectivity index (χ0n) is 15.1. The van der Waals surface area contributed by atoms with Crippen molar-refractivity contribution in [1.82, 2.24) is 9.80 Å². The van der Waals surface area contributed by atoms with Gasteiger partial charge in [0.1, 0.15) is 0 Å². The Morgan fingerprint density at radius 1 is 0.852 bits per heavy atom. The first-order valence-electron chi connectivity index (χ1n) is 9.10. The summed E-state index contributed by atoms with van der Waals surface area (Å²) in [5.41, 5.74) is 0.984. The van der Waals surface area contributed by atoms with Gasteiger partial charge >= 0.3 is 0 Å². The third-order valence-electron chi connectivity index (χ3n) is 4.59. The van der Waals surface area contributed by atoms with Crippen LogP contribution < -0.4 is 4.74 Å². The van der Waals surface area contributed by atoms with Gasteiger partial charge in [-0.05, 0) is 24.1 Å². The van der Waals surface area contributed by atoms with Crippen LogP contribution in [-0.2, 0) is 16.0 Å². The van der Waals surface area contributed by atoms with Crippen LogP contribution in [0.3, 0.4) is 0 Å². The summed E-state index contributed by atoms with van der Waals surface area (Å²) in [5, 5.41) is 0. The number of carbonyl (C=O) groups is 2. The van der Waals surface area contributed by atoms with Gasteiger partial charge in [0.25, 0.3) is 5.91 Å². The topological polar surface area (TPSA) is 49.9 Å². The maximum Gasteiger partial charge on any atom is 0.260 e. The van der Waals surface area contributed by atoms with Gasteiger partial charge in [-0.15, -0.1) is 0 Å². The van der Waals surface area contributed by atoms with Gasteiger partial charge in [0, 0.05) is 26.2 Å². The molecule has 6 heteroatoms. The molecule has 1 aliphatic rings. The third kappa shape index (κ3) is 5.29. The van der Waals surface area contributed by atoms with Crippen molar-refractivity contribution in [2.45, 2.75) is 12.8 Å². The molecule has 142 valence electrons. The van der Waals surface area contributed by atoms with Gasteiger partial charge in [0.2, 0.25) is 5.91 Å². The Bertz CT molecular complexity index is 782. The minimum atomic E-state index is -0.487. The Hall–Kier alpha value is -2.89. The van der Waals surface area contributed by atoms with Crippen LogP contribution in [0.1, 0.15) is 12.0 Å². The van der Waals surface area contributed by atoms with Crippen LogP contribution >= 0.6 is 0 Å². The molecule has 0 aliphatic carbocycles. The molecule has 0 atom stereocenters. The lowest BCUT2D eigenvalue weighted by atomic mass is 10.1. The summed E-state index contributed by atoms with van der Waals surface area (Å²) in [6.07, 6.45) is 1.08. The van der Waals surface area contributed by atoms with E-state index in [-0.39, 0.29) is 24.2 Å². The van der Waals surface area contributed by atoms with Crippen LogP contribution in [0.4, 0.5) is 4.39 Å². The summed E-state index contributed by atoms with van der Waals surface area (Å²) in [6, 6.07) is 15.6. The number of amides is 2. The van der Waals surface area contributed by atoms with Crippen molar-refractivity contribution in [3.63, 3.8) is 0 Å². The molecule has 3 rings (SSSR count). The van der Waals surface area contributed by atoms with E-state index < -0.39 is 5.82 Å². The Balaban J connectivity index is 1.49. The highest BCUT2D eigenvalue weighted by Gasteiger charge is 2.22. The second-order valence-electron chi connectivity index (χ2n) is 6.50. The van der Waals surface area contributed by atoms with Crippen molar-refractivity contribution in [3.05, 3.63) is 66.0 Å². The van der Waals surface area contributed by atoms with E-state index in [1.54, 1.807) is 21.9 Å². The average molecular weight is 370 g/mol. The molecule has 0 aromatic heterocycles. The minimum absolute atomic E-state index is 0.0677. The Kier molecular flexibility index (Phi) is 6.41. The molecular formula is C21H23FN2O3. The second-order valence-corrected chi connectivity index (χ2v) is 6.50. The molecule has 1 aliphatic heterocycles. The molecule has 1 saturated heterocycles. The van der Waals surface area contributed by atoms with Crippen molar-refractivity contribution in [2.24, 2.45) is 0 Å². The van der Waals surface area contributed by atoms with E-state index in [1.807, 2.05) is 30.3 Å². The fraction of sp³-hybridized carbons (Fsp3) is 0.333. The van der Waals surface area contributed by atoms with Crippen molar-refractivity contribution < 1.29 is 18.7 Å². The summed E-state index contributed by atoms with van der Waals surface area (Å²) in [5.74, 6) is -0.548. The number of para-hydroxylation sites is 1. The van der Waals surface area contributed by atoms with Gasteiger partial charge in [0.15, 0.2) is 18.2 Å². The van der Waals surface area contributed by atoms with E-state index in [9.17, 15) is 14.0 Å². The van der Waals surface area contributed by atoms with Gasteiger partial charge in [-0.2, -0.15) is 0 Å². The van der Waals surface area contributed by atoms with Crippen molar-refractivity contribution in [3.8, 4) is 5.75 Å². The summed E-state index contributed by atoms with van der Waals surface area (Å²) >= 11 is 0. The van der Waals surface area contributed by atoms with Gasteiger partial charge in [-0.3, -0.25) is 9.59 Å². The molecule has 2 aromatic carbocycles. The van der Waals surface area contributed by atoms with Gasteiger partial charge in [-0.1, -0.05) is 42.5 Å². The number of halogens is 1. The summed E-state index contributed by atoms with van der Waals surface area (Å²) < 4.78 is 18.9. The smallest absolute Gasteiger partial charge is 0.260 e. The van der Waals surface area contributed by atoms with E-state index >= 15 is 0 Å². The molecule has 0 N–H and O–H groups in total. The van der Waals surface area contributed by atoms with E-state index in [2.05, 4.69) is 0 Å². The number of carbonyl (C=O) groups excluding carboxylic acids is 2. The van der Waals surface area contributed by atoms with Gasteiger partial charge in [-0.25, -0.2) is 4.39 Å². The zero-order chi connectivity index (χ0) is 19.1. The van der Waals surface area contributed by atoms with E-state index in [0.717, 1.165) is 5.56 Å². The molecule has 1 heterocycles. The van der Waals surface area contributed by atoms with Crippen LogP contribution in [-0.4, -0.2) is 54.4 Å². The molecule has 0 saturated carbocycles. The number of benzene rings is 2. The summed E-state index contributed by atoms with van der Waals surface area (Å²) in [7, 11) is 0. The zero-order valence-corrected chi connectivity index (χ0v) is 15.1. The first kappa shape index (κ1) is 18.9.